The maximum absolute atomic E-state index is 10.2. The van der Waals surface area contributed by atoms with Gasteiger partial charge < -0.3 is 94.4 Å². The molecule has 0 aromatic rings. The second-order valence-corrected chi connectivity index (χ2v) is 12.2. The summed E-state index contributed by atoms with van der Waals surface area (Å²) in [5.41, 5.74) is 0. The van der Waals surface area contributed by atoms with Gasteiger partial charge >= 0.3 is 0 Å². The number of ether oxygens (including phenoxy) is 7. The molecule has 0 radical (unpaired) electrons. The minimum absolute atomic E-state index is 0.411. The Morgan fingerprint density at radius 2 is 0.837 bits per heavy atom. The van der Waals surface area contributed by atoms with Crippen LogP contribution >= 0.6 is 0 Å². The van der Waals surface area contributed by atoms with E-state index in [1.54, 1.807) is 13.8 Å². The van der Waals surface area contributed by atoms with Crippen molar-refractivity contribution in [1.29, 1.82) is 0 Å². The fourth-order valence-electron chi connectivity index (χ4n) is 5.96. The molecule has 49 heavy (non-hydrogen) atoms. The average molecular weight is 725 g/mol. The van der Waals surface area contributed by atoms with E-state index in [2.05, 4.69) is 0 Å². The topological polar surface area (TPSA) is 326 Å². The first kappa shape index (κ1) is 42.6. The van der Waals surface area contributed by atoms with E-state index in [0.717, 1.165) is 0 Å². The molecule has 4 saturated heterocycles. The smallest absolute Gasteiger partial charge is 0.220 e. The van der Waals surface area contributed by atoms with Gasteiger partial charge in [-0.25, -0.2) is 9.78 Å². The SMILES string of the molecule is CO[C@@H]1C(O)[C@@H](C)OC(CO)[C@@H]1O[C@H]1OC(CO)[C@H](O)[C@H](O)C1O.CO[C@@H]1C(OO[C@H]2OC(CO)[C@H](O)[C@H](O)C2O)[C@@H](C)OC(CO)[C@@H]1O. The van der Waals surface area contributed by atoms with E-state index in [4.69, 9.17) is 48.0 Å². The molecule has 20 atom stereocenters. The molecule has 0 spiro atoms. The number of hydrogen-bond acceptors (Lipinski definition) is 21. The second-order valence-electron chi connectivity index (χ2n) is 12.2. The zero-order valence-electron chi connectivity index (χ0n) is 27.4. The van der Waals surface area contributed by atoms with Crippen molar-refractivity contribution in [3.05, 3.63) is 0 Å². The van der Waals surface area contributed by atoms with Gasteiger partial charge in [0.15, 0.2) is 6.29 Å². The van der Waals surface area contributed by atoms with Crippen LogP contribution < -0.4 is 0 Å². The Kier molecular flexibility index (Phi) is 16.8. The summed E-state index contributed by atoms with van der Waals surface area (Å²) in [5, 5.41) is 116. The summed E-state index contributed by atoms with van der Waals surface area (Å²) in [7, 11) is 2.69. The first-order valence-corrected chi connectivity index (χ1v) is 15.7. The molecule has 0 amide bonds. The average Bonchev–Trinajstić information content (AvgIpc) is 3.09. The molecule has 4 heterocycles. The largest absolute Gasteiger partial charge is 0.394 e. The highest BCUT2D eigenvalue weighted by atomic mass is 17.2. The number of methoxy groups -OCH3 is 2. The Morgan fingerprint density at radius 3 is 1.33 bits per heavy atom. The molecule has 12 N–H and O–H groups in total. The van der Waals surface area contributed by atoms with Crippen molar-refractivity contribution < 1.29 is 104 Å². The molecule has 0 saturated carbocycles. The molecule has 4 rings (SSSR count). The van der Waals surface area contributed by atoms with Crippen LogP contribution in [0, 0.1) is 0 Å². The van der Waals surface area contributed by atoms with Gasteiger partial charge in [-0.05, 0) is 13.8 Å². The molecule has 21 nitrogen and oxygen atoms in total. The van der Waals surface area contributed by atoms with E-state index in [-0.39, 0.29) is 0 Å². The Balaban J connectivity index is 0.000000266. The normalized spacial score (nSPS) is 49.2. The Hall–Kier alpha value is -0.840. The van der Waals surface area contributed by atoms with Crippen LogP contribution in [0.15, 0.2) is 0 Å². The van der Waals surface area contributed by atoms with E-state index < -0.39 is 149 Å². The minimum atomic E-state index is -1.63. The molecule has 0 aliphatic carbocycles. The van der Waals surface area contributed by atoms with Gasteiger partial charge in [-0.3, -0.25) is 0 Å². The third-order valence-electron chi connectivity index (χ3n) is 8.94. The lowest BCUT2D eigenvalue weighted by Crippen LogP contribution is -2.64. The van der Waals surface area contributed by atoms with E-state index in [1.807, 2.05) is 0 Å². The van der Waals surface area contributed by atoms with Crippen molar-refractivity contribution in [3.8, 4) is 0 Å². The summed E-state index contributed by atoms with van der Waals surface area (Å²) in [5.74, 6) is 0. The fourth-order valence-corrected chi connectivity index (χ4v) is 5.96. The number of hydrogen-bond donors (Lipinski definition) is 12. The predicted octanol–water partition coefficient (Wildman–Crippen LogP) is -7.41. The monoisotopic (exact) mass is 724 g/mol. The zero-order chi connectivity index (χ0) is 36.7. The van der Waals surface area contributed by atoms with E-state index in [1.165, 1.54) is 14.2 Å². The molecule has 4 aliphatic heterocycles. The van der Waals surface area contributed by atoms with Gasteiger partial charge in [-0.15, -0.1) is 0 Å². The lowest BCUT2D eigenvalue weighted by atomic mass is 9.94. The third-order valence-corrected chi connectivity index (χ3v) is 8.94. The lowest BCUT2D eigenvalue weighted by Gasteiger charge is -2.46. The van der Waals surface area contributed by atoms with Crippen molar-refractivity contribution in [2.24, 2.45) is 0 Å². The summed E-state index contributed by atoms with van der Waals surface area (Å²) in [6.45, 7) is 1.18. The van der Waals surface area contributed by atoms with Gasteiger partial charge in [-0.1, -0.05) is 0 Å². The number of aliphatic hydroxyl groups is 12. The van der Waals surface area contributed by atoms with E-state index in [9.17, 15) is 56.2 Å². The van der Waals surface area contributed by atoms with Crippen molar-refractivity contribution in [2.45, 2.75) is 136 Å². The van der Waals surface area contributed by atoms with Crippen LogP contribution in [0.4, 0.5) is 0 Å². The Bertz CT molecular complexity index is 948. The van der Waals surface area contributed by atoms with Gasteiger partial charge in [0.05, 0.1) is 38.6 Å². The zero-order valence-corrected chi connectivity index (χ0v) is 27.4. The third kappa shape index (κ3) is 9.59. The summed E-state index contributed by atoms with van der Waals surface area (Å²) in [6.07, 6.45) is -23.6. The maximum atomic E-state index is 10.2. The quantitative estimate of drug-likeness (QED) is 0.0695. The van der Waals surface area contributed by atoms with Gasteiger partial charge in [0.25, 0.3) is 0 Å². The van der Waals surface area contributed by atoms with E-state index in [0.29, 0.717) is 0 Å². The molecule has 4 fully saturated rings. The highest BCUT2D eigenvalue weighted by Crippen LogP contribution is 2.31. The van der Waals surface area contributed by atoms with Gasteiger partial charge in [0, 0.05) is 14.2 Å². The molecule has 8 unspecified atom stereocenters. The highest BCUT2D eigenvalue weighted by molar-refractivity contribution is 4.96. The highest BCUT2D eigenvalue weighted by Gasteiger charge is 2.51. The number of rotatable bonds is 11. The molecule has 0 bridgehead atoms. The van der Waals surface area contributed by atoms with Crippen LogP contribution in [0.25, 0.3) is 0 Å². The van der Waals surface area contributed by atoms with Crippen LogP contribution in [0.3, 0.4) is 0 Å². The van der Waals surface area contributed by atoms with Crippen molar-refractivity contribution in [2.75, 3.05) is 40.6 Å². The fraction of sp³-hybridized carbons (Fsp3) is 1.00. The van der Waals surface area contributed by atoms with Gasteiger partial charge in [-0.2, -0.15) is 0 Å². The second kappa shape index (κ2) is 19.3. The molecule has 290 valence electrons. The molecule has 21 heteroatoms. The van der Waals surface area contributed by atoms with Crippen LogP contribution in [0.1, 0.15) is 13.8 Å². The molecule has 4 aliphatic rings. The summed E-state index contributed by atoms with van der Waals surface area (Å²) >= 11 is 0. The summed E-state index contributed by atoms with van der Waals surface area (Å²) in [4.78, 5) is 10.2. The first-order valence-electron chi connectivity index (χ1n) is 15.7. The minimum Gasteiger partial charge on any atom is -0.394 e. The van der Waals surface area contributed by atoms with E-state index >= 15 is 0 Å². The van der Waals surface area contributed by atoms with Crippen LogP contribution in [-0.2, 0) is 42.9 Å². The van der Waals surface area contributed by atoms with Crippen molar-refractivity contribution >= 4 is 0 Å². The van der Waals surface area contributed by atoms with Gasteiger partial charge in [0.1, 0.15) is 97.7 Å². The Morgan fingerprint density at radius 1 is 0.408 bits per heavy atom. The predicted molar refractivity (Wildman–Crippen MR) is 155 cm³/mol. The Labute approximate surface area is 281 Å². The van der Waals surface area contributed by atoms with Crippen molar-refractivity contribution in [3.63, 3.8) is 0 Å². The molecular formula is C28H52O21. The van der Waals surface area contributed by atoms with Crippen LogP contribution in [0.5, 0.6) is 0 Å². The molecule has 0 aromatic heterocycles. The first-order chi connectivity index (χ1) is 23.2. The standard InChI is InChI=1S/C14H26O11.C14H26O10/c1-5-12(13(21-2)9(18)7(4-16)22-5)24-25-14-11(20)10(19)8(17)6(3-15)23-14;1-5-8(17)13(21-2)12(7(4-16)22-5)24-14-11(20)10(19)9(18)6(3-15)23-14/h5-20H,3-4H2,1-2H3;5-20H,3-4H2,1-2H3/t5-,6?,7?,8+,9+,10+,11?,12?,13+,14-;5-,6?,7?,8?,9+,10+,11?,12+,13-,14-/m11/s1. The van der Waals surface area contributed by atoms with Crippen LogP contribution in [-0.4, -0.2) is 224 Å². The summed E-state index contributed by atoms with van der Waals surface area (Å²) in [6, 6.07) is 0. The lowest BCUT2D eigenvalue weighted by molar-refractivity contribution is -0.459. The maximum Gasteiger partial charge on any atom is 0.220 e. The van der Waals surface area contributed by atoms with Gasteiger partial charge in [0.2, 0.25) is 6.29 Å². The molecular weight excluding hydrogens is 672 g/mol. The van der Waals surface area contributed by atoms with Crippen LogP contribution in [0.2, 0.25) is 0 Å². The molecule has 0 aromatic carbocycles. The van der Waals surface area contributed by atoms with Crippen molar-refractivity contribution in [1.82, 2.24) is 0 Å². The summed E-state index contributed by atoms with van der Waals surface area (Å²) < 4.78 is 37.3. The number of aliphatic hydroxyl groups excluding tert-OH is 12.